The van der Waals surface area contributed by atoms with Crippen LogP contribution in [0.5, 0.6) is 5.75 Å². The van der Waals surface area contributed by atoms with Gasteiger partial charge < -0.3 is 4.74 Å². The van der Waals surface area contributed by atoms with Crippen molar-refractivity contribution in [2.24, 2.45) is 0 Å². The number of aryl methyl sites for hydroxylation is 1. The lowest BCUT2D eigenvalue weighted by Crippen LogP contribution is -2.33. The largest absolute Gasteiger partial charge is 0.486 e. The average Bonchev–Trinajstić information content (AvgIpc) is 3.13. The number of ether oxygens (including phenoxy) is 1. The van der Waals surface area contributed by atoms with Crippen LogP contribution in [0.2, 0.25) is 0 Å². The highest BCUT2D eigenvalue weighted by Gasteiger charge is 2.18. The van der Waals surface area contributed by atoms with Crippen LogP contribution in [0, 0.1) is 17.0 Å². The molecule has 4 aromatic rings. The van der Waals surface area contributed by atoms with E-state index in [0.717, 1.165) is 20.7 Å². The summed E-state index contributed by atoms with van der Waals surface area (Å²) in [6.07, 6.45) is 1.17. The van der Waals surface area contributed by atoms with Gasteiger partial charge in [0.2, 0.25) is 5.91 Å². The van der Waals surface area contributed by atoms with Gasteiger partial charge in [-0.05, 0) is 18.6 Å². The van der Waals surface area contributed by atoms with E-state index in [9.17, 15) is 19.7 Å². The van der Waals surface area contributed by atoms with E-state index < -0.39 is 10.8 Å². The average molecular weight is 450 g/mol. The number of nitrogens with zero attached hydrogens (tertiary/aromatic N) is 3. The number of carbonyl (C=O) groups is 1. The summed E-state index contributed by atoms with van der Waals surface area (Å²) in [5.74, 6) is -0.410. The molecule has 0 atom stereocenters. The van der Waals surface area contributed by atoms with E-state index >= 15 is 0 Å². The van der Waals surface area contributed by atoms with Crippen LogP contribution < -0.4 is 15.7 Å². The van der Waals surface area contributed by atoms with Crippen molar-refractivity contribution >= 4 is 33.1 Å². The molecule has 1 N–H and O–H groups in total. The maximum Gasteiger partial charge on any atom is 0.310 e. The predicted molar refractivity (Wildman–Crippen MR) is 122 cm³/mol. The van der Waals surface area contributed by atoms with E-state index in [1.54, 1.807) is 6.07 Å². The molecule has 0 radical (unpaired) electrons. The lowest BCUT2D eigenvalue weighted by molar-refractivity contribution is -0.385. The summed E-state index contributed by atoms with van der Waals surface area (Å²) in [4.78, 5) is 41.8. The fraction of sp³-hybridized carbons (Fsp3) is 0.136. The second kappa shape index (κ2) is 8.98. The van der Waals surface area contributed by atoms with Crippen molar-refractivity contribution in [2.75, 3.05) is 12.0 Å². The number of hydrogen-bond acceptors (Lipinski definition) is 7. The van der Waals surface area contributed by atoms with Crippen LogP contribution in [-0.2, 0) is 4.79 Å². The van der Waals surface area contributed by atoms with Crippen molar-refractivity contribution in [2.45, 2.75) is 13.3 Å². The Bertz CT molecular complexity index is 1360. The van der Waals surface area contributed by atoms with Gasteiger partial charge in [-0.25, -0.2) is 9.66 Å². The fourth-order valence-electron chi connectivity index (χ4n) is 3.31. The number of amides is 1. The molecule has 162 valence electrons. The zero-order valence-corrected chi connectivity index (χ0v) is 17.8. The molecule has 0 saturated heterocycles. The van der Waals surface area contributed by atoms with Crippen molar-refractivity contribution in [3.8, 4) is 16.9 Å². The molecule has 0 saturated carbocycles. The first-order valence-electron chi connectivity index (χ1n) is 9.68. The Labute approximate surface area is 186 Å². The number of para-hydroxylation sites is 2. The van der Waals surface area contributed by atoms with E-state index in [1.807, 2.05) is 37.3 Å². The zero-order chi connectivity index (χ0) is 22.7. The number of aromatic nitrogens is 2. The fourth-order valence-corrected chi connectivity index (χ4v) is 4.31. The molecule has 0 unspecified atom stereocenters. The van der Waals surface area contributed by atoms with Crippen molar-refractivity contribution < 1.29 is 14.5 Å². The molecule has 32 heavy (non-hydrogen) atoms. The third-order valence-corrected chi connectivity index (χ3v) is 5.76. The summed E-state index contributed by atoms with van der Waals surface area (Å²) in [6, 6.07) is 15.5. The summed E-state index contributed by atoms with van der Waals surface area (Å²) >= 11 is 1.42. The van der Waals surface area contributed by atoms with Gasteiger partial charge in [-0.2, -0.15) is 0 Å². The molecule has 0 aliphatic carbocycles. The van der Waals surface area contributed by atoms with Gasteiger partial charge in [0.1, 0.15) is 11.2 Å². The van der Waals surface area contributed by atoms with E-state index in [2.05, 4.69) is 10.4 Å². The summed E-state index contributed by atoms with van der Waals surface area (Å²) in [5, 5.41) is 11.5. The Balaban J connectivity index is 1.51. The summed E-state index contributed by atoms with van der Waals surface area (Å²) in [6.45, 7) is 1.84. The topological polar surface area (TPSA) is 116 Å². The zero-order valence-electron chi connectivity index (χ0n) is 17.0. The molecule has 0 spiro atoms. The Morgan fingerprint density at radius 3 is 2.66 bits per heavy atom. The van der Waals surface area contributed by atoms with Crippen LogP contribution in [0.4, 0.5) is 5.69 Å². The SMILES string of the molecule is Cc1sc2ncn(NC(=O)CCOc3ccccc3[N+](=O)[O-])c(=O)c2c1-c1ccccc1. The van der Waals surface area contributed by atoms with Gasteiger partial charge in [-0.1, -0.05) is 42.5 Å². The number of carbonyl (C=O) groups excluding carboxylic acids is 1. The quantitative estimate of drug-likeness (QED) is 0.337. The minimum absolute atomic E-state index is 0.0757. The second-order valence-corrected chi connectivity index (χ2v) is 8.06. The molecule has 9 nitrogen and oxygen atoms in total. The molecule has 0 bridgehead atoms. The molecular formula is C22H18N4O5S. The summed E-state index contributed by atoms with van der Waals surface area (Å²) < 4.78 is 6.43. The van der Waals surface area contributed by atoms with Crippen LogP contribution in [-0.4, -0.2) is 27.1 Å². The maximum absolute atomic E-state index is 13.1. The number of thiophene rings is 1. The third kappa shape index (κ3) is 4.21. The molecular weight excluding hydrogens is 432 g/mol. The smallest absolute Gasteiger partial charge is 0.310 e. The lowest BCUT2D eigenvalue weighted by Gasteiger charge is -2.09. The van der Waals surface area contributed by atoms with Crippen LogP contribution in [0.25, 0.3) is 21.3 Å². The number of fused-ring (bicyclic) bond motifs is 1. The van der Waals surface area contributed by atoms with Gasteiger partial charge in [-0.15, -0.1) is 11.3 Å². The summed E-state index contributed by atoms with van der Waals surface area (Å²) in [5.41, 5.74) is 3.64. The molecule has 0 aliphatic rings. The van der Waals surface area contributed by atoms with E-state index in [0.29, 0.717) is 10.2 Å². The van der Waals surface area contributed by atoms with Crippen molar-refractivity contribution in [1.29, 1.82) is 0 Å². The molecule has 4 rings (SSSR count). The second-order valence-electron chi connectivity index (χ2n) is 6.86. The van der Waals surface area contributed by atoms with E-state index in [4.69, 9.17) is 4.74 Å². The van der Waals surface area contributed by atoms with Crippen molar-refractivity contribution in [3.63, 3.8) is 0 Å². The summed E-state index contributed by atoms with van der Waals surface area (Å²) in [7, 11) is 0. The molecule has 2 aromatic heterocycles. The molecule has 0 aliphatic heterocycles. The Kier molecular flexibility index (Phi) is 5.95. The minimum Gasteiger partial charge on any atom is -0.486 e. The number of benzene rings is 2. The third-order valence-electron chi connectivity index (χ3n) is 4.75. The van der Waals surface area contributed by atoms with Gasteiger partial charge >= 0.3 is 5.69 Å². The normalized spacial score (nSPS) is 10.8. The lowest BCUT2D eigenvalue weighted by atomic mass is 10.0. The Morgan fingerprint density at radius 2 is 1.91 bits per heavy atom. The molecule has 2 heterocycles. The Hall–Kier alpha value is -4.05. The highest BCUT2D eigenvalue weighted by Crippen LogP contribution is 2.35. The number of nitro groups is 1. The standard InChI is InChI=1S/C22H18N4O5S/c1-14-19(15-7-3-2-4-8-15)20-21(32-14)23-13-25(22(20)28)24-18(27)11-12-31-17-10-6-5-9-16(17)26(29)30/h2-10,13H,11-12H2,1H3,(H,24,27). The first-order valence-corrected chi connectivity index (χ1v) is 10.5. The van der Waals surface area contributed by atoms with Gasteiger partial charge in [0.15, 0.2) is 5.75 Å². The molecule has 2 aromatic carbocycles. The highest BCUT2D eigenvalue weighted by molar-refractivity contribution is 7.19. The molecule has 1 amide bonds. The van der Waals surface area contributed by atoms with Crippen LogP contribution in [0.15, 0.2) is 65.7 Å². The maximum atomic E-state index is 13.1. The van der Waals surface area contributed by atoms with Crippen LogP contribution in [0.1, 0.15) is 11.3 Å². The first kappa shape index (κ1) is 21.2. The van der Waals surface area contributed by atoms with Crippen molar-refractivity contribution in [3.05, 3.63) is 86.3 Å². The molecule has 0 fully saturated rings. The van der Waals surface area contributed by atoms with Gasteiger partial charge in [0.25, 0.3) is 5.56 Å². The first-order chi connectivity index (χ1) is 15.5. The van der Waals surface area contributed by atoms with Gasteiger partial charge in [0, 0.05) is 16.5 Å². The minimum atomic E-state index is -0.553. The predicted octanol–water partition coefficient (Wildman–Crippen LogP) is 3.88. The molecule has 10 heteroatoms. The van der Waals surface area contributed by atoms with Gasteiger partial charge in [-0.3, -0.25) is 25.1 Å². The highest BCUT2D eigenvalue weighted by atomic mass is 32.1. The number of nitro benzene ring substituents is 1. The number of rotatable bonds is 7. The van der Waals surface area contributed by atoms with Crippen LogP contribution >= 0.6 is 11.3 Å². The number of nitrogens with one attached hydrogen (secondary N) is 1. The van der Waals surface area contributed by atoms with E-state index in [-0.39, 0.29) is 30.0 Å². The van der Waals surface area contributed by atoms with Gasteiger partial charge in [0.05, 0.1) is 23.3 Å². The van der Waals surface area contributed by atoms with Crippen LogP contribution in [0.3, 0.4) is 0 Å². The van der Waals surface area contributed by atoms with E-state index in [1.165, 1.54) is 35.9 Å². The van der Waals surface area contributed by atoms with Crippen molar-refractivity contribution in [1.82, 2.24) is 9.66 Å². The monoisotopic (exact) mass is 450 g/mol. The Morgan fingerprint density at radius 1 is 1.19 bits per heavy atom. The number of hydrogen-bond donors (Lipinski definition) is 1.